The summed E-state index contributed by atoms with van der Waals surface area (Å²) in [4.78, 5) is 19.9. The number of fused-ring (bicyclic) bond motifs is 3. The fourth-order valence-electron chi connectivity index (χ4n) is 2.46. The van der Waals surface area contributed by atoms with Crippen molar-refractivity contribution in [1.82, 2.24) is 9.97 Å². The highest BCUT2D eigenvalue weighted by Crippen LogP contribution is 2.33. The van der Waals surface area contributed by atoms with Crippen LogP contribution in [0.1, 0.15) is 10.4 Å². The van der Waals surface area contributed by atoms with Crippen LogP contribution in [-0.2, 0) is 4.74 Å². The van der Waals surface area contributed by atoms with Crippen molar-refractivity contribution in [2.45, 2.75) is 0 Å². The van der Waals surface area contributed by atoms with Crippen LogP contribution in [-0.4, -0.2) is 23.0 Å². The lowest BCUT2D eigenvalue weighted by Crippen LogP contribution is -2.00. The van der Waals surface area contributed by atoms with E-state index in [1.807, 2.05) is 24.3 Å². The normalized spacial score (nSPS) is 10.9. The van der Waals surface area contributed by atoms with Crippen molar-refractivity contribution < 1.29 is 18.7 Å². The predicted molar refractivity (Wildman–Crippen MR) is 87.2 cm³/mol. The first kappa shape index (κ1) is 14.2. The molecular weight excluding hydrogens is 308 g/mol. The quantitative estimate of drug-likeness (QED) is 0.532. The highest BCUT2D eigenvalue weighted by molar-refractivity contribution is 6.03. The molecule has 0 fully saturated rings. The number of nitrogens with zero attached hydrogens (tertiary/aromatic N) is 2. The van der Waals surface area contributed by atoms with Crippen molar-refractivity contribution in [3.8, 4) is 11.6 Å². The largest absolute Gasteiger partial charge is 0.465 e. The van der Waals surface area contributed by atoms with E-state index < -0.39 is 5.97 Å². The SMILES string of the molecule is COC(=O)c1ccc(Oc2ncnc3c2oc2ccccc23)cc1. The molecule has 0 bridgehead atoms. The number of carbonyl (C=O) groups excluding carboxylic acids is 1. The van der Waals surface area contributed by atoms with Crippen LogP contribution < -0.4 is 4.74 Å². The van der Waals surface area contributed by atoms with Crippen LogP contribution in [0.4, 0.5) is 0 Å². The summed E-state index contributed by atoms with van der Waals surface area (Å²) in [6.45, 7) is 0. The summed E-state index contributed by atoms with van der Waals surface area (Å²) in [6.07, 6.45) is 1.43. The molecule has 0 aliphatic heterocycles. The van der Waals surface area contributed by atoms with Crippen LogP contribution in [0.15, 0.2) is 59.3 Å². The smallest absolute Gasteiger partial charge is 0.337 e. The summed E-state index contributed by atoms with van der Waals surface area (Å²) < 4.78 is 16.3. The summed E-state index contributed by atoms with van der Waals surface area (Å²) in [5.74, 6) is 0.452. The Hall–Kier alpha value is -3.41. The topological polar surface area (TPSA) is 74.5 Å². The summed E-state index contributed by atoms with van der Waals surface area (Å²) in [6, 6.07) is 14.2. The van der Waals surface area contributed by atoms with Crippen LogP contribution in [0.2, 0.25) is 0 Å². The van der Waals surface area contributed by atoms with Crippen LogP contribution >= 0.6 is 0 Å². The third-order valence-corrected chi connectivity index (χ3v) is 3.62. The number of ether oxygens (including phenoxy) is 2. The van der Waals surface area contributed by atoms with E-state index in [9.17, 15) is 4.79 Å². The number of esters is 1. The summed E-state index contributed by atoms with van der Waals surface area (Å²) in [5, 5.41) is 0.904. The van der Waals surface area contributed by atoms with Crippen LogP contribution in [0.25, 0.3) is 22.1 Å². The predicted octanol–water partition coefficient (Wildman–Crippen LogP) is 3.95. The Morgan fingerprint density at radius 1 is 1.04 bits per heavy atom. The van der Waals surface area contributed by atoms with Crippen molar-refractivity contribution >= 4 is 28.0 Å². The Morgan fingerprint density at radius 3 is 2.62 bits per heavy atom. The first-order valence-electron chi connectivity index (χ1n) is 7.25. The molecule has 0 saturated heterocycles. The van der Waals surface area contributed by atoms with Gasteiger partial charge in [-0.1, -0.05) is 12.1 Å². The highest BCUT2D eigenvalue weighted by Gasteiger charge is 2.14. The first-order valence-corrected chi connectivity index (χ1v) is 7.25. The minimum Gasteiger partial charge on any atom is -0.465 e. The third kappa shape index (κ3) is 2.34. The maximum atomic E-state index is 11.5. The van der Waals surface area contributed by atoms with Crippen molar-refractivity contribution in [3.05, 3.63) is 60.4 Å². The molecule has 118 valence electrons. The Kier molecular flexibility index (Phi) is 3.35. The minimum absolute atomic E-state index is 0.321. The number of benzene rings is 2. The van der Waals surface area contributed by atoms with E-state index in [2.05, 4.69) is 14.7 Å². The molecule has 0 N–H and O–H groups in total. The molecule has 2 aromatic carbocycles. The Bertz CT molecular complexity index is 1040. The minimum atomic E-state index is -0.400. The lowest BCUT2D eigenvalue weighted by molar-refractivity contribution is 0.0600. The van der Waals surface area contributed by atoms with Gasteiger partial charge in [-0.25, -0.2) is 9.78 Å². The number of rotatable bonds is 3. The number of furan rings is 1. The summed E-state index contributed by atoms with van der Waals surface area (Å²) in [7, 11) is 1.34. The van der Waals surface area contributed by atoms with Crippen molar-refractivity contribution in [1.29, 1.82) is 0 Å². The van der Waals surface area contributed by atoms with Gasteiger partial charge in [0.15, 0.2) is 0 Å². The number of hydrogen-bond donors (Lipinski definition) is 0. The molecule has 2 aromatic heterocycles. The molecule has 6 heteroatoms. The molecule has 0 radical (unpaired) electrons. The molecule has 0 aliphatic carbocycles. The molecule has 24 heavy (non-hydrogen) atoms. The van der Waals surface area contributed by atoms with E-state index in [4.69, 9.17) is 9.15 Å². The maximum absolute atomic E-state index is 11.5. The molecule has 2 heterocycles. The molecule has 0 amide bonds. The highest BCUT2D eigenvalue weighted by atomic mass is 16.5. The number of methoxy groups -OCH3 is 1. The third-order valence-electron chi connectivity index (χ3n) is 3.62. The van der Waals surface area contributed by atoms with Gasteiger partial charge in [-0.3, -0.25) is 0 Å². The van der Waals surface area contributed by atoms with E-state index in [-0.39, 0.29) is 0 Å². The second-order valence-corrected chi connectivity index (χ2v) is 5.07. The first-order chi connectivity index (χ1) is 11.8. The second kappa shape index (κ2) is 5.66. The molecule has 4 aromatic rings. The standard InChI is InChI=1S/C18H12N2O4/c1-22-18(21)11-6-8-12(9-7-11)23-17-16-15(19-10-20-17)13-4-2-3-5-14(13)24-16/h2-10H,1H3. The number of para-hydroxylation sites is 1. The average Bonchev–Trinajstić information content (AvgIpc) is 3.02. The zero-order valence-electron chi connectivity index (χ0n) is 12.7. The number of aromatic nitrogens is 2. The maximum Gasteiger partial charge on any atom is 0.337 e. The molecule has 0 saturated carbocycles. The van der Waals surface area contributed by atoms with Gasteiger partial charge in [0.2, 0.25) is 5.58 Å². The van der Waals surface area contributed by atoms with Gasteiger partial charge in [-0.05, 0) is 36.4 Å². The molecule has 0 unspecified atom stereocenters. The van der Waals surface area contributed by atoms with Gasteiger partial charge >= 0.3 is 5.97 Å². The van der Waals surface area contributed by atoms with Crippen molar-refractivity contribution in [2.24, 2.45) is 0 Å². The van der Waals surface area contributed by atoms with E-state index in [0.717, 1.165) is 11.0 Å². The number of carbonyl (C=O) groups is 1. The van der Waals surface area contributed by atoms with Gasteiger partial charge in [0.25, 0.3) is 5.88 Å². The van der Waals surface area contributed by atoms with E-state index in [1.165, 1.54) is 13.4 Å². The van der Waals surface area contributed by atoms with E-state index in [1.54, 1.807) is 24.3 Å². The van der Waals surface area contributed by atoms with E-state index in [0.29, 0.717) is 28.3 Å². The van der Waals surface area contributed by atoms with E-state index >= 15 is 0 Å². The average molecular weight is 320 g/mol. The number of hydrogen-bond acceptors (Lipinski definition) is 6. The summed E-state index contributed by atoms with van der Waals surface area (Å²) in [5.41, 5.74) is 2.35. The van der Waals surface area contributed by atoms with Gasteiger partial charge in [-0.15, -0.1) is 0 Å². The fraction of sp³-hybridized carbons (Fsp3) is 0.0556. The fourth-order valence-corrected chi connectivity index (χ4v) is 2.46. The lowest BCUT2D eigenvalue weighted by Gasteiger charge is -2.05. The Labute approximate surface area is 136 Å². The summed E-state index contributed by atoms with van der Waals surface area (Å²) >= 11 is 0. The van der Waals surface area contributed by atoms with Crippen molar-refractivity contribution in [3.63, 3.8) is 0 Å². The molecule has 4 rings (SSSR count). The Morgan fingerprint density at radius 2 is 1.83 bits per heavy atom. The second-order valence-electron chi connectivity index (χ2n) is 5.07. The zero-order valence-corrected chi connectivity index (χ0v) is 12.7. The van der Waals surface area contributed by atoms with Gasteiger partial charge in [0.05, 0.1) is 12.7 Å². The lowest BCUT2D eigenvalue weighted by atomic mass is 10.2. The van der Waals surface area contributed by atoms with Crippen LogP contribution in [0.5, 0.6) is 11.6 Å². The van der Waals surface area contributed by atoms with Gasteiger partial charge in [0, 0.05) is 5.39 Å². The van der Waals surface area contributed by atoms with Crippen molar-refractivity contribution in [2.75, 3.05) is 7.11 Å². The Balaban J connectivity index is 1.73. The van der Waals surface area contributed by atoms with Gasteiger partial charge in [0.1, 0.15) is 23.2 Å². The van der Waals surface area contributed by atoms with Crippen LogP contribution in [0.3, 0.4) is 0 Å². The molecule has 0 aliphatic rings. The molecule has 6 nitrogen and oxygen atoms in total. The zero-order chi connectivity index (χ0) is 16.5. The molecule has 0 spiro atoms. The molecular formula is C18H12N2O4. The molecule has 0 atom stereocenters. The van der Waals surface area contributed by atoms with Crippen LogP contribution in [0, 0.1) is 0 Å². The van der Waals surface area contributed by atoms with Gasteiger partial charge < -0.3 is 13.9 Å². The van der Waals surface area contributed by atoms with Gasteiger partial charge in [-0.2, -0.15) is 4.98 Å². The monoisotopic (exact) mass is 320 g/mol.